The molecule has 18 heavy (non-hydrogen) atoms. The number of ether oxygens (including phenoxy) is 1. The van der Waals surface area contributed by atoms with Gasteiger partial charge in [0, 0.05) is 25.7 Å². The molecule has 1 aromatic carbocycles. The lowest BCUT2D eigenvalue weighted by atomic mass is 10.2. The molecular formula is C12H19N3O3. The van der Waals surface area contributed by atoms with E-state index in [2.05, 4.69) is 0 Å². The maximum atomic E-state index is 10.6. The highest BCUT2D eigenvalue weighted by atomic mass is 16.6. The van der Waals surface area contributed by atoms with Crippen molar-refractivity contribution in [1.29, 1.82) is 0 Å². The molecule has 0 saturated carbocycles. The maximum Gasteiger partial charge on any atom is 0.271 e. The largest absolute Gasteiger partial charge is 0.397 e. The molecule has 100 valence electrons. The Bertz CT molecular complexity index is 421. The number of nitrogen functional groups attached to an aromatic ring is 1. The van der Waals surface area contributed by atoms with Gasteiger partial charge in [-0.05, 0) is 19.9 Å². The Morgan fingerprint density at radius 3 is 2.67 bits per heavy atom. The highest BCUT2D eigenvalue weighted by Gasteiger charge is 2.11. The van der Waals surface area contributed by atoms with Crippen LogP contribution in [0.5, 0.6) is 0 Å². The van der Waals surface area contributed by atoms with Gasteiger partial charge in [0.05, 0.1) is 29.0 Å². The fourth-order valence-corrected chi connectivity index (χ4v) is 1.55. The summed E-state index contributed by atoms with van der Waals surface area (Å²) in [6.45, 7) is 5.21. The van der Waals surface area contributed by atoms with E-state index in [1.54, 1.807) is 6.07 Å². The van der Waals surface area contributed by atoms with Crippen molar-refractivity contribution in [2.45, 2.75) is 20.0 Å². The maximum absolute atomic E-state index is 10.6. The Labute approximate surface area is 106 Å². The van der Waals surface area contributed by atoms with Gasteiger partial charge in [-0.2, -0.15) is 0 Å². The Balaban J connectivity index is 2.68. The third-order valence-electron chi connectivity index (χ3n) is 2.51. The summed E-state index contributed by atoms with van der Waals surface area (Å²) >= 11 is 0. The van der Waals surface area contributed by atoms with Crippen LogP contribution in [0.2, 0.25) is 0 Å². The van der Waals surface area contributed by atoms with Gasteiger partial charge < -0.3 is 15.4 Å². The number of nitro groups is 1. The highest BCUT2D eigenvalue weighted by molar-refractivity contribution is 5.70. The Hall–Kier alpha value is -1.82. The van der Waals surface area contributed by atoms with E-state index >= 15 is 0 Å². The normalized spacial score (nSPS) is 10.7. The molecule has 0 spiro atoms. The van der Waals surface area contributed by atoms with Crippen LogP contribution >= 0.6 is 0 Å². The number of benzene rings is 1. The first-order valence-electron chi connectivity index (χ1n) is 5.78. The van der Waals surface area contributed by atoms with Crippen LogP contribution in [-0.4, -0.2) is 31.2 Å². The summed E-state index contributed by atoms with van der Waals surface area (Å²) in [5.74, 6) is 0. The summed E-state index contributed by atoms with van der Waals surface area (Å²) in [5.41, 5.74) is 6.98. The third-order valence-corrected chi connectivity index (χ3v) is 2.51. The highest BCUT2D eigenvalue weighted by Crippen LogP contribution is 2.26. The predicted molar refractivity (Wildman–Crippen MR) is 71.9 cm³/mol. The van der Waals surface area contributed by atoms with Crippen molar-refractivity contribution in [3.05, 3.63) is 28.3 Å². The molecule has 0 aliphatic heterocycles. The van der Waals surface area contributed by atoms with Gasteiger partial charge in [-0.15, -0.1) is 0 Å². The number of non-ortho nitro benzene ring substituents is 1. The van der Waals surface area contributed by atoms with Crippen molar-refractivity contribution in [3.63, 3.8) is 0 Å². The van der Waals surface area contributed by atoms with E-state index in [0.717, 1.165) is 5.69 Å². The van der Waals surface area contributed by atoms with Crippen LogP contribution in [0.15, 0.2) is 18.2 Å². The first-order valence-corrected chi connectivity index (χ1v) is 5.78. The average Bonchev–Trinajstić information content (AvgIpc) is 2.27. The first kappa shape index (κ1) is 14.2. The monoisotopic (exact) mass is 253 g/mol. The van der Waals surface area contributed by atoms with Gasteiger partial charge >= 0.3 is 0 Å². The van der Waals surface area contributed by atoms with Crippen molar-refractivity contribution in [1.82, 2.24) is 0 Å². The van der Waals surface area contributed by atoms with Crippen molar-refractivity contribution in [2.75, 3.05) is 30.8 Å². The molecule has 0 aliphatic carbocycles. The second-order valence-corrected chi connectivity index (χ2v) is 4.34. The molecule has 0 amide bonds. The number of hydrogen-bond acceptors (Lipinski definition) is 5. The van der Waals surface area contributed by atoms with E-state index in [9.17, 15) is 10.1 Å². The fourth-order valence-electron chi connectivity index (χ4n) is 1.55. The van der Waals surface area contributed by atoms with Crippen molar-refractivity contribution in [2.24, 2.45) is 0 Å². The number of nitro benzene ring substituents is 1. The first-order chi connectivity index (χ1) is 8.41. The molecule has 0 saturated heterocycles. The molecule has 0 fully saturated rings. The van der Waals surface area contributed by atoms with E-state index in [4.69, 9.17) is 10.5 Å². The summed E-state index contributed by atoms with van der Waals surface area (Å²) in [6.07, 6.45) is 0.188. The Kier molecular flexibility index (Phi) is 4.91. The number of likely N-dealkylation sites (N-methyl/N-ethyl adjacent to an activating group) is 1. The van der Waals surface area contributed by atoms with Gasteiger partial charge in [-0.1, -0.05) is 0 Å². The molecule has 0 aromatic heterocycles. The summed E-state index contributed by atoms with van der Waals surface area (Å²) in [6, 6.07) is 4.48. The van der Waals surface area contributed by atoms with Crippen molar-refractivity contribution in [3.8, 4) is 0 Å². The SMILES string of the molecule is CC(C)OCCN(C)c1ccc([N+](=O)[O-])cc1N. The number of rotatable bonds is 6. The van der Waals surface area contributed by atoms with Gasteiger partial charge in [-0.25, -0.2) is 0 Å². The van der Waals surface area contributed by atoms with E-state index < -0.39 is 4.92 Å². The van der Waals surface area contributed by atoms with Gasteiger partial charge in [0.2, 0.25) is 0 Å². The molecule has 2 N–H and O–H groups in total. The Morgan fingerprint density at radius 2 is 2.17 bits per heavy atom. The fraction of sp³-hybridized carbons (Fsp3) is 0.500. The minimum absolute atomic E-state index is 0.00285. The van der Waals surface area contributed by atoms with Crippen LogP contribution in [-0.2, 0) is 4.74 Å². The molecule has 0 unspecified atom stereocenters. The second-order valence-electron chi connectivity index (χ2n) is 4.34. The van der Waals surface area contributed by atoms with E-state index in [1.165, 1.54) is 12.1 Å². The predicted octanol–water partition coefficient (Wildman–Crippen LogP) is 2.04. The molecule has 0 heterocycles. The molecule has 0 radical (unpaired) electrons. The number of nitrogens with two attached hydrogens (primary N) is 1. The van der Waals surface area contributed by atoms with Crippen LogP contribution < -0.4 is 10.6 Å². The second kappa shape index (κ2) is 6.20. The standard InChI is InChI=1S/C12H19N3O3/c1-9(2)18-7-6-14(3)12-5-4-10(15(16)17)8-11(12)13/h4-5,8-9H,6-7,13H2,1-3H3. The molecule has 6 heteroatoms. The van der Waals surface area contributed by atoms with Crippen LogP contribution in [0.25, 0.3) is 0 Å². The zero-order chi connectivity index (χ0) is 13.7. The van der Waals surface area contributed by atoms with Crippen molar-refractivity contribution < 1.29 is 9.66 Å². The van der Waals surface area contributed by atoms with Gasteiger partial charge in [0.25, 0.3) is 5.69 Å². The number of hydrogen-bond donors (Lipinski definition) is 1. The minimum atomic E-state index is -0.456. The summed E-state index contributed by atoms with van der Waals surface area (Å²) in [4.78, 5) is 12.1. The van der Waals surface area contributed by atoms with Crippen LogP contribution in [0.4, 0.5) is 17.1 Å². The summed E-state index contributed by atoms with van der Waals surface area (Å²) in [5, 5.41) is 10.6. The molecule has 1 aromatic rings. The smallest absolute Gasteiger partial charge is 0.271 e. The lowest BCUT2D eigenvalue weighted by molar-refractivity contribution is -0.384. The van der Waals surface area contributed by atoms with Gasteiger partial charge in [0.1, 0.15) is 0 Å². The molecule has 0 aliphatic rings. The molecule has 6 nitrogen and oxygen atoms in total. The Morgan fingerprint density at radius 1 is 1.50 bits per heavy atom. The topological polar surface area (TPSA) is 81.6 Å². The molecular weight excluding hydrogens is 234 g/mol. The summed E-state index contributed by atoms with van der Waals surface area (Å²) in [7, 11) is 1.88. The molecule has 0 bridgehead atoms. The zero-order valence-electron chi connectivity index (χ0n) is 10.9. The molecule has 0 atom stereocenters. The van der Waals surface area contributed by atoms with E-state index in [1.807, 2.05) is 25.8 Å². The van der Waals surface area contributed by atoms with E-state index in [-0.39, 0.29) is 11.8 Å². The number of nitrogens with zero attached hydrogens (tertiary/aromatic N) is 2. The average molecular weight is 253 g/mol. The minimum Gasteiger partial charge on any atom is -0.397 e. The quantitative estimate of drug-likeness (QED) is 0.476. The van der Waals surface area contributed by atoms with Gasteiger partial charge in [0.15, 0.2) is 0 Å². The van der Waals surface area contributed by atoms with Gasteiger partial charge in [-0.3, -0.25) is 10.1 Å². The lowest BCUT2D eigenvalue weighted by Crippen LogP contribution is -2.24. The summed E-state index contributed by atoms with van der Waals surface area (Å²) < 4.78 is 5.45. The lowest BCUT2D eigenvalue weighted by Gasteiger charge is -2.21. The van der Waals surface area contributed by atoms with Crippen LogP contribution in [0, 0.1) is 10.1 Å². The zero-order valence-corrected chi connectivity index (χ0v) is 10.9. The van der Waals surface area contributed by atoms with Crippen molar-refractivity contribution >= 4 is 17.1 Å². The van der Waals surface area contributed by atoms with Crippen LogP contribution in [0.3, 0.4) is 0 Å². The molecule has 1 rings (SSSR count). The van der Waals surface area contributed by atoms with E-state index in [0.29, 0.717) is 18.8 Å². The number of anilines is 2. The van der Waals surface area contributed by atoms with Crippen LogP contribution in [0.1, 0.15) is 13.8 Å². The third kappa shape index (κ3) is 3.89.